The van der Waals surface area contributed by atoms with E-state index in [-0.39, 0.29) is 28.9 Å². The van der Waals surface area contributed by atoms with Gasteiger partial charge in [-0.1, -0.05) is 17.7 Å². The Morgan fingerprint density at radius 1 is 1.13 bits per heavy atom. The average molecular weight is 445 g/mol. The Balaban J connectivity index is 1.87. The second kappa shape index (κ2) is 8.72. The molecule has 0 aliphatic rings. The molecule has 0 aliphatic carbocycles. The summed E-state index contributed by atoms with van der Waals surface area (Å²) in [6.45, 7) is 7.83. The lowest BCUT2D eigenvalue weighted by atomic mass is 10.1. The predicted octanol–water partition coefficient (Wildman–Crippen LogP) is 3.80. The molecular weight excluding hydrogens is 420 g/mol. The van der Waals surface area contributed by atoms with Crippen molar-refractivity contribution in [3.63, 3.8) is 0 Å². The summed E-state index contributed by atoms with van der Waals surface area (Å²) in [5.41, 5.74) is 2.02. The van der Waals surface area contributed by atoms with Crippen LogP contribution in [0.15, 0.2) is 47.6 Å². The number of nitro benzene ring substituents is 1. The Kier molecular flexibility index (Phi) is 6.25. The molecule has 2 aromatic carbocycles. The van der Waals surface area contributed by atoms with E-state index in [2.05, 4.69) is 20.2 Å². The molecule has 0 saturated heterocycles. The smallest absolute Gasteiger partial charge is 0.293 e. The van der Waals surface area contributed by atoms with Gasteiger partial charge in [0.2, 0.25) is 0 Å². The molecule has 0 spiro atoms. The van der Waals surface area contributed by atoms with Crippen molar-refractivity contribution in [1.29, 1.82) is 0 Å². The van der Waals surface area contributed by atoms with E-state index in [4.69, 9.17) is 0 Å². The van der Waals surface area contributed by atoms with Crippen LogP contribution < -0.4 is 10.0 Å². The number of sulfonamides is 1. The molecule has 0 saturated carbocycles. The number of benzene rings is 2. The molecule has 1 heterocycles. The number of hydrogen-bond acceptors (Lipinski definition) is 7. The van der Waals surface area contributed by atoms with E-state index >= 15 is 0 Å². The normalized spacial score (nSPS) is 11.5. The molecule has 0 amide bonds. The highest BCUT2D eigenvalue weighted by molar-refractivity contribution is 7.92. The number of aryl methyl sites for hydroxylation is 2. The second-order valence-electron chi connectivity index (χ2n) is 7.46. The molecule has 3 rings (SSSR count). The van der Waals surface area contributed by atoms with Crippen molar-refractivity contribution in [3.8, 4) is 0 Å². The van der Waals surface area contributed by atoms with Crippen LogP contribution in [-0.2, 0) is 16.6 Å². The van der Waals surface area contributed by atoms with Crippen molar-refractivity contribution in [3.05, 3.63) is 69.8 Å². The minimum absolute atomic E-state index is 0.130. The zero-order chi connectivity index (χ0) is 22.8. The Morgan fingerprint density at radius 2 is 1.84 bits per heavy atom. The number of anilines is 2. The number of nitro groups is 1. The monoisotopic (exact) mass is 444 g/mol. The summed E-state index contributed by atoms with van der Waals surface area (Å²) in [7, 11) is -4.01. The fourth-order valence-electron chi connectivity index (χ4n) is 3.11. The topological polar surface area (TPSA) is 132 Å². The highest BCUT2D eigenvalue weighted by Gasteiger charge is 2.22. The first-order chi connectivity index (χ1) is 14.6. The van der Waals surface area contributed by atoms with Crippen LogP contribution >= 0.6 is 0 Å². The van der Waals surface area contributed by atoms with E-state index in [0.717, 1.165) is 17.2 Å². The third-order valence-corrected chi connectivity index (χ3v) is 6.11. The van der Waals surface area contributed by atoms with Gasteiger partial charge in [0.05, 0.1) is 22.1 Å². The molecule has 2 N–H and O–H groups in total. The minimum atomic E-state index is -4.01. The van der Waals surface area contributed by atoms with Crippen molar-refractivity contribution in [2.75, 3.05) is 10.0 Å². The van der Waals surface area contributed by atoms with E-state index in [1.807, 2.05) is 31.4 Å². The Bertz CT molecular complexity index is 1220. The maximum absolute atomic E-state index is 12.8. The number of aromatic nitrogens is 3. The van der Waals surface area contributed by atoms with E-state index in [1.54, 1.807) is 25.4 Å². The van der Waals surface area contributed by atoms with Crippen molar-refractivity contribution in [1.82, 2.24) is 14.8 Å². The summed E-state index contributed by atoms with van der Waals surface area (Å²) >= 11 is 0. The van der Waals surface area contributed by atoms with Crippen molar-refractivity contribution in [2.45, 2.75) is 45.2 Å². The predicted molar refractivity (Wildman–Crippen MR) is 118 cm³/mol. The molecule has 3 aromatic rings. The lowest BCUT2D eigenvalue weighted by Gasteiger charge is -2.13. The molecule has 31 heavy (non-hydrogen) atoms. The summed E-state index contributed by atoms with van der Waals surface area (Å²) in [6.07, 6.45) is 1.59. The van der Waals surface area contributed by atoms with E-state index in [9.17, 15) is 18.5 Å². The van der Waals surface area contributed by atoms with Gasteiger partial charge < -0.3 is 9.88 Å². The number of nitrogens with one attached hydrogen (secondary N) is 2. The van der Waals surface area contributed by atoms with Crippen LogP contribution in [0.2, 0.25) is 0 Å². The average Bonchev–Trinajstić information content (AvgIpc) is 3.17. The fraction of sp³-hybridized carbons (Fsp3) is 0.300. The molecule has 0 unspecified atom stereocenters. The molecule has 10 nitrogen and oxygen atoms in total. The minimum Gasteiger partial charge on any atom is -0.372 e. The standard InChI is InChI=1S/C20H24N6O4S/c1-13(2)25-12-22-23-20(25)11-21-18-8-6-16(10-19(18)26(27)28)31(29,30)24-17-7-5-14(3)9-15(17)4/h5-10,12-13,21,24H,11H2,1-4H3. The Hall–Kier alpha value is -3.47. The third-order valence-electron chi connectivity index (χ3n) is 4.74. The quantitative estimate of drug-likeness (QED) is 0.399. The van der Waals surface area contributed by atoms with Crippen LogP contribution in [0.1, 0.15) is 36.8 Å². The van der Waals surface area contributed by atoms with Gasteiger partial charge in [-0.2, -0.15) is 0 Å². The molecule has 0 aliphatic heterocycles. The first-order valence-corrected chi connectivity index (χ1v) is 11.1. The van der Waals surface area contributed by atoms with Gasteiger partial charge in [0.25, 0.3) is 15.7 Å². The maximum atomic E-state index is 12.8. The van der Waals surface area contributed by atoms with Gasteiger partial charge in [-0.3, -0.25) is 14.8 Å². The molecule has 164 valence electrons. The largest absolute Gasteiger partial charge is 0.372 e. The highest BCUT2D eigenvalue weighted by atomic mass is 32.2. The van der Waals surface area contributed by atoms with Crippen molar-refractivity contribution in [2.24, 2.45) is 0 Å². The molecule has 0 bridgehead atoms. The van der Waals surface area contributed by atoms with E-state index < -0.39 is 14.9 Å². The maximum Gasteiger partial charge on any atom is 0.293 e. The molecular formula is C20H24N6O4S. The summed E-state index contributed by atoms with van der Waals surface area (Å²) < 4.78 is 30.0. The van der Waals surface area contributed by atoms with Gasteiger partial charge in [0.1, 0.15) is 12.0 Å². The van der Waals surface area contributed by atoms with Crippen LogP contribution in [0.25, 0.3) is 0 Å². The van der Waals surface area contributed by atoms with Gasteiger partial charge in [0, 0.05) is 12.1 Å². The number of nitrogens with zero attached hydrogens (tertiary/aromatic N) is 4. The van der Waals surface area contributed by atoms with Gasteiger partial charge in [-0.05, 0) is 51.5 Å². The van der Waals surface area contributed by atoms with Crippen LogP contribution in [0.5, 0.6) is 0 Å². The molecule has 0 radical (unpaired) electrons. The third kappa shape index (κ3) is 5.00. The molecule has 1 aromatic heterocycles. The number of rotatable bonds is 8. The van der Waals surface area contributed by atoms with Crippen LogP contribution in [0.3, 0.4) is 0 Å². The van der Waals surface area contributed by atoms with Gasteiger partial charge in [-0.25, -0.2) is 8.42 Å². The summed E-state index contributed by atoms with van der Waals surface area (Å²) in [6, 6.07) is 9.18. The summed E-state index contributed by atoms with van der Waals surface area (Å²) in [5, 5.41) is 22.4. The fourth-order valence-corrected chi connectivity index (χ4v) is 4.26. The second-order valence-corrected chi connectivity index (χ2v) is 9.14. The summed E-state index contributed by atoms with van der Waals surface area (Å²) in [4.78, 5) is 10.8. The first-order valence-electron chi connectivity index (χ1n) is 9.59. The molecule has 0 fully saturated rings. The van der Waals surface area contributed by atoms with Crippen LogP contribution in [0, 0.1) is 24.0 Å². The van der Waals surface area contributed by atoms with Gasteiger partial charge in [-0.15, -0.1) is 10.2 Å². The highest BCUT2D eigenvalue weighted by Crippen LogP contribution is 2.29. The van der Waals surface area contributed by atoms with Crippen LogP contribution in [0.4, 0.5) is 17.1 Å². The van der Waals surface area contributed by atoms with Crippen LogP contribution in [-0.4, -0.2) is 28.1 Å². The Labute approximate surface area is 180 Å². The lowest BCUT2D eigenvalue weighted by molar-refractivity contribution is -0.384. The SMILES string of the molecule is Cc1ccc(NS(=O)(=O)c2ccc(NCc3nncn3C(C)C)c([N+](=O)[O-])c2)c(C)c1. The number of hydrogen-bond donors (Lipinski definition) is 2. The van der Waals surface area contributed by atoms with Gasteiger partial charge >= 0.3 is 0 Å². The molecule has 0 atom stereocenters. The van der Waals surface area contributed by atoms with E-state index in [1.165, 1.54) is 12.1 Å². The first kappa shape index (κ1) is 22.2. The van der Waals surface area contributed by atoms with Gasteiger partial charge in [0.15, 0.2) is 5.82 Å². The van der Waals surface area contributed by atoms with E-state index in [0.29, 0.717) is 11.5 Å². The Morgan fingerprint density at radius 3 is 2.48 bits per heavy atom. The summed E-state index contributed by atoms with van der Waals surface area (Å²) in [5.74, 6) is 0.609. The lowest BCUT2D eigenvalue weighted by Crippen LogP contribution is -2.15. The molecule has 11 heteroatoms. The van der Waals surface area contributed by atoms with Crippen molar-refractivity contribution < 1.29 is 13.3 Å². The van der Waals surface area contributed by atoms with Crippen molar-refractivity contribution >= 4 is 27.1 Å². The zero-order valence-corrected chi connectivity index (χ0v) is 18.5. The zero-order valence-electron chi connectivity index (χ0n) is 17.7.